The maximum absolute atomic E-state index is 8.58. The molecule has 2 aromatic rings. The Bertz CT molecular complexity index is 511. The van der Waals surface area contributed by atoms with Crippen LogP contribution in [-0.2, 0) is 0 Å². The van der Waals surface area contributed by atoms with Crippen molar-refractivity contribution in [3.05, 3.63) is 15.9 Å². The number of anilines is 3. The van der Waals surface area contributed by atoms with Crippen LogP contribution in [0.2, 0.25) is 0 Å². The zero-order chi connectivity index (χ0) is 11.0. The summed E-state index contributed by atoms with van der Waals surface area (Å²) in [6, 6.07) is 3.49. The molecule has 1 heterocycles. The van der Waals surface area contributed by atoms with E-state index in [1.165, 1.54) is 0 Å². The molecule has 0 aliphatic heterocycles. The number of nitrogens with two attached hydrogens (primary N) is 3. The first-order chi connectivity index (χ1) is 7.13. The van der Waals surface area contributed by atoms with Crippen molar-refractivity contribution in [3.63, 3.8) is 0 Å². The Morgan fingerprint density at radius 3 is 2.60 bits per heavy atom. The van der Waals surface area contributed by atoms with Gasteiger partial charge in [-0.1, -0.05) is 0 Å². The van der Waals surface area contributed by atoms with E-state index in [0.29, 0.717) is 26.4 Å². The van der Waals surface area contributed by atoms with Crippen LogP contribution in [0.5, 0.6) is 0 Å². The molecule has 0 aliphatic rings. The van der Waals surface area contributed by atoms with E-state index >= 15 is 0 Å². The summed E-state index contributed by atoms with van der Waals surface area (Å²) in [5.74, 6) is 0. The molecule has 0 amide bonds. The summed E-state index contributed by atoms with van der Waals surface area (Å²) in [5, 5.41) is 9.38. The molecule has 0 radical (unpaired) electrons. The van der Waals surface area contributed by atoms with Gasteiger partial charge in [0.15, 0.2) is 0 Å². The number of hydrogen-bond donors (Lipinski definition) is 5. The predicted octanol–water partition coefficient (Wildman–Crippen LogP) is -2.67. The van der Waals surface area contributed by atoms with Gasteiger partial charge < -0.3 is 0 Å². The first kappa shape index (κ1) is 10.3. The van der Waals surface area contributed by atoms with E-state index in [1.807, 2.05) is 0 Å². The summed E-state index contributed by atoms with van der Waals surface area (Å²) in [4.78, 5) is 0. The van der Waals surface area contributed by atoms with Gasteiger partial charge in [0.25, 0.3) is 0 Å². The van der Waals surface area contributed by atoms with Crippen LogP contribution in [0.4, 0.5) is 17.1 Å². The minimum absolute atomic E-state index is 0.332. The van der Waals surface area contributed by atoms with Crippen LogP contribution in [-0.4, -0.2) is 5.21 Å². The van der Waals surface area contributed by atoms with Crippen LogP contribution >= 0.6 is 0 Å². The molecule has 1 aromatic heterocycles. The number of fused-ring (bicyclic) bond motifs is 1. The van der Waals surface area contributed by atoms with Crippen molar-refractivity contribution in [2.24, 2.45) is 0 Å². The van der Waals surface area contributed by atoms with Crippen LogP contribution in [0.25, 0.3) is 11.0 Å². The normalized spacial score (nSPS) is 11.3. The van der Waals surface area contributed by atoms with E-state index in [4.69, 9.17) is 26.8 Å². The van der Waals surface area contributed by atoms with Gasteiger partial charge in [0.2, 0.25) is 0 Å². The molecule has 0 saturated heterocycles. The Kier molecular flexibility index (Phi) is 2.59. The van der Waals surface area contributed by atoms with Crippen molar-refractivity contribution in [2.75, 3.05) is 17.2 Å². The molecule has 0 saturated carbocycles. The minimum atomic E-state index is -0.749. The van der Waals surface area contributed by atoms with Gasteiger partial charge in [-0.05, 0) is 0 Å². The number of benzene rings is 1. The third-order valence-electron chi connectivity index (χ3n) is 2.02. The summed E-state index contributed by atoms with van der Waals surface area (Å²) >= 11 is -0.749. The number of halogens is 1. The third-order valence-corrected chi connectivity index (χ3v) is 3.33. The molecule has 6 nitrogen and oxygen atoms in total. The summed E-state index contributed by atoms with van der Waals surface area (Å²) < 4.78 is 8.22. The van der Waals surface area contributed by atoms with E-state index in [2.05, 4.69) is 3.69 Å². The Morgan fingerprint density at radius 1 is 1.20 bits per heavy atom. The molecule has 0 fully saturated rings. The monoisotopic (exact) mass is 321 g/mol. The van der Waals surface area contributed by atoms with E-state index in [-0.39, 0.29) is 0 Å². The second kappa shape index (κ2) is 3.76. The molecule has 1 aromatic carbocycles. The van der Waals surface area contributed by atoms with E-state index in [1.54, 1.807) is 12.1 Å². The molecule has 2 rings (SSSR count). The van der Waals surface area contributed by atoms with Gasteiger partial charge in [-0.25, -0.2) is 0 Å². The van der Waals surface area contributed by atoms with E-state index < -0.39 is 21.5 Å². The number of hydrogen-bond acceptors (Lipinski definition) is 6. The summed E-state index contributed by atoms with van der Waals surface area (Å²) in [5.41, 5.74) is 18.7. The molecule has 82 valence electrons. The molecule has 0 spiro atoms. The van der Waals surface area contributed by atoms with Crippen LogP contribution in [0.1, 0.15) is 0 Å². The Balaban J connectivity index is 2.65. The number of furan rings is 1. The standard InChI is InChI=1S/C8H10IN4O2/c10-4-1-3-2-5(9-13-14)15-8(3)7(12)6(4)11/h1-2,13-14H,10-12H2/q-1. The average Bonchev–Trinajstić information content (AvgIpc) is 2.58. The van der Waals surface area contributed by atoms with E-state index in [9.17, 15) is 0 Å². The number of rotatable bonds is 2. The summed E-state index contributed by atoms with van der Waals surface area (Å²) in [6.45, 7) is 0. The molecule has 0 unspecified atom stereocenters. The zero-order valence-corrected chi connectivity index (χ0v) is 9.78. The molecule has 7 heteroatoms. The molecular formula is C8H10IN4O2-. The van der Waals surface area contributed by atoms with Crippen molar-refractivity contribution in [2.45, 2.75) is 0 Å². The third kappa shape index (κ3) is 1.68. The van der Waals surface area contributed by atoms with Crippen molar-refractivity contribution in [1.29, 1.82) is 0 Å². The van der Waals surface area contributed by atoms with Gasteiger partial charge in [-0.2, -0.15) is 0 Å². The second-order valence-electron chi connectivity index (χ2n) is 2.94. The Labute approximate surface area is 96.0 Å². The first-order valence-electron chi connectivity index (χ1n) is 4.03. The fourth-order valence-corrected chi connectivity index (χ4v) is 2.36. The van der Waals surface area contributed by atoms with Crippen LogP contribution in [0.3, 0.4) is 0 Å². The van der Waals surface area contributed by atoms with Crippen molar-refractivity contribution in [3.8, 4) is 0 Å². The van der Waals surface area contributed by atoms with Crippen LogP contribution < -0.4 is 42.4 Å². The van der Waals surface area contributed by atoms with Gasteiger partial charge in [0.1, 0.15) is 0 Å². The molecule has 0 atom stereocenters. The Hall–Kier alpha value is -1.19. The number of nitrogens with one attached hydrogen (secondary N) is 1. The molecule has 15 heavy (non-hydrogen) atoms. The van der Waals surface area contributed by atoms with Gasteiger partial charge in [0, 0.05) is 0 Å². The second-order valence-corrected chi connectivity index (χ2v) is 5.03. The fourth-order valence-electron chi connectivity index (χ4n) is 1.30. The van der Waals surface area contributed by atoms with E-state index in [0.717, 1.165) is 5.39 Å². The quantitative estimate of drug-likeness (QED) is 0.178. The average molecular weight is 321 g/mol. The van der Waals surface area contributed by atoms with Gasteiger partial charge in [-0.15, -0.1) is 0 Å². The van der Waals surface area contributed by atoms with Gasteiger partial charge in [-0.3, -0.25) is 0 Å². The van der Waals surface area contributed by atoms with Gasteiger partial charge >= 0.3 is 95.9 Å². The maximum atomic E-state index is 8.58. The predicted molar refractivity (Wildman–Crippen MR) is 53.1 cm³/mol. The van der Waals surface area contributed by atoms with Crippen LogP contribution in [0, 0.1) is 3.77 Å². The number of nitrogen functional groups attached to an aromatic ring is 3. The van der Waals surface area contributed by atoms with Gasteiger partial charge in [0.05, 0.1) is 0 Å². The zero-order valence-electron chi connectivity index (χ0n) is 7.62. The molecular weight excluding hydrogens is 311 g/mol. The summed E-state index contributed by atoms with van der Waals surface area (Å²) in [6.07, 6.45) is 0. The molecule has 0 aliphatic carbocycles. The SMILES string of the molecule is Nc1cc2cc([I-]NO)oc2c(N)c1N. The summed E-state index contributed by atoms with van der Waals surface area (Å²) in [7, 11) is 0. The van der Waals surface area contributed by atoms with Crippen molar-refractivity contribution >= 4 is 28.0 Å². The van der Waals surface area contributed by atoms with Crippen LogP contribution in [0.15, 0.2) is 16.5 Å². The molecule has 8 N–H and O–H groups in total. The molecule has 0 bridgehead atoms. The Morgan fingerprint density at radius 2 is 1.93 bits per heavy atom. The topological polar surface area (TPSA) is 123 Å². The van der Waals surface area contributed by atoms with Crippen molar-refractivity contribution < 1.29 is 31.1 Å². The first-order valence-corrected chi connectivity index (χ1v) is 6.19. The fraction of sp³-hybridized carbons (Fsp3) is 0. The van der Waals surface area contributed by atoms with Crippen molar-refractivity contribution in [1.82, 2.24) is 3.69 Å².